The van der Waals surface area contributed by atoms with Crippen molar-refractivity contribution in [2.24, 2.45) is 4.99 Å². The molecule has 0 unspecified atom stereocenters. The Morgan fingerprint density at radius 3 is 3.00 bits per heavy atom. The summed E-state index contributed by atoms with van der Waals surface area (Å²) in [5, 5.41) is 2.92. The van der Waals surface area contributed by atoms with Crippen molar-refractivity contribution in [1.29, 1.82) is 0 Å². The van der Waals surface area contributed by atoms with Crippen molar-refractivity contribution in [1.82, 2.24) is 5.32 Å². The van der Waals surface area contributed by atoms with Crippen molar-refractivity contribution < 1.29 is 4.74 Å². The van der Waals surface area contributed by atoms with Gasteiger partial charge in [0.2, 0.25) is 0 Å². The van der Waals surface area contributed by atoms with Crippen LogP contribution in [0.4, 0.5) is 0 Å². The van der Waals surface area contributed by atoms with E-state index < -0.39 is 0 Å². The van der Waals surface area contributed by atoms with E-state index in [4.69, 9.17) is 4.74 Å². The fraction of sp³-hybridized carbons (Fsp3) is 0.800. The molecule has 0 aliphatic carbocycles. The molecule has 0 amide bonds. The van der Waals surface area contributed by atoms with Crippen LogP contribution >= 0.6 is 0 Å². The molecule has 0 aromatic rings. The van der Waals surface area contributed by atoms with Crippen molar-refractivity contribution >= 4 is 6.34 Å². The number of hydrogen-bond acceptors (Lipinski definition) is 2. The van der Waals surface area contributed by atoms with Gasteiger partial charge in [0.05, 0.1) is 12.9 Å². The second kappa shape index (κ2) is 6.43. The fourth-order valence-electron chi connectivity index (χ4n) is 0.317. The number of hydrogen-bond donors (Lipinski definition) is 1. The number of nitrogens with zero attached hydrogens (tertiary/aromatic N) is 1. The first-order chi connectivity index (χ1) is 3.91. The number of ether oxygens (including phenoxy) is 1. The maximum absolute atomic E-state index is 4.76. The van der Waals surface area contributed by atoms with E-state index in [-0.39, 0.29) is 0 Å². The molecule has 0 aromatic carbocycles. The van der Waals surface area contributed by atoms with Crippen LogP contribution in [0.2, 0.25) is 0 Å². The third-order valence-corrected chi connectivity index (χ3v) is 0.671. The summed E-state index contributed by atoms with van der Waals surface area (Å²) in [5.74, 6) is 0. The van der Waals surface area contributed by atoms with Crippen LogP contribution in [0.25, 0.3) is 0 Å². The van der Waals surface area contributed by atoms with Crippen molar-refractivity contribution in [3.05, 3.63) is 0 Å². The average molecular weight is 116 g/mol. The molecule has 0 rings (SSSR count). The lowest BCUT2D eigenvalue weighted by molar-refractivity contribution is 0.204. The maximum Gasteiger partial charge on any atom is 0.0821 e. The Kier molecular flexibility index (Phi) is 5.97. The lowest BCUT2D eigenvalue weighted by atomic mass is 10.7. The zero-order chi connectivity index (χ0) is 6.24. The lowest BCUT2D eigenvalue weighted by Gasteiger charge is -1.95. The van der Waals surface area contributed by atoms with Gasteiger partial charge in [0, 0.05) is 20.7 Å². The van der Waals surface area contributed by atoms with E-state index in [1.54, 1.807) is 20.5 Å². The Bertz CT molecular complexity index is 63.4. The molecule has 0 aromatic heterocycles. The van der Waals surface area contributed by atoms with Crippen LogP contribution in [0, 0.1) is 0 Å². The molecular formula is C5H12N2O. The fourth-order valence-corrected chi connectivity index (χ4v) is 0.317. The van der Waals surface area contributed by atoms with E-state index in [9.17, 15) is 0 Å². The monoisotopic (exact) mass is 116 g/mol. The minimum absolute atomic E-state index is 0.728. The minimum Gasteiger partial charge on any atom is -0.383 e. The third-order valence-electron chi connectivity index (χ3n) is 0.671. The smallest absolute Gasteiger partial charge is 0.0821 e. The van der Waals surface area contributed by atoms with Crippen LogP contribution in [0.3, 0.4) is 0 Å². The predicted octanol–water partition coefficient (Wildman–Crippen LogP) is -0.120. The Morgan fingerprint density at radius 1 is 1.75 bits per heavy atom. The molecule has 8 heavy (non-hydrogen) atoms. The van der Waals surface area contributed by atoms with Crippen LogP contribution in [0.5, 0.6) is 0 Å². The zero-order valence-electron chi connectivity index (χ0n) is 5.35. The summed E-state index contributed by atoms with van der Waals surface area (Å²) in [6.07, 6.45) is 1.65. The highest BCUT2D eigenvalue weighted by Gasteiger charge is 1.75. The molecule has 0 saturated heterocycles. The summed E-state index contributed by atoms with van der Waals surface area (Å²) < 4.78 is 4.76. The largest absolute Gasteiger partial charge is 0.383 e. The Morgan fingerprint density at radius 2 is 2.50 bits per heavy atom. The Labute approximate surface area is 49.8 Å². The van der Waals surface area contributed by atoms with E-state index in [0.717, 1.165) is 13.2 Å². The van der Waals surface area contributed by atoms with Crippen molar-refractivity contribution in [3.8, 4) is 0 Å². The second-order valence-electron chi connectivity index (χ2n) is 1.33. The molecular weight excluding hydrogens is 104 g/mol. The highest BCUT2D eigenvalue weighted by molar-refractivity contribution is 5.53. The van der Waals surface area contributed by atoms with Crippen LogP contribution in [-0.4, -0.2) is 33.6 Å². The van der Waals surface area contributed by atoms with Crippen molar-refractivity contribution in [3.63, 3.8) is 0 Å². The van der Waals surface area contributed by atoms with Gasteiger partial charge < -0.3 is 10.1 Å². The van der Waals surface area contributed by atoms with Gasteiger partial charge in [-0.2, -0.15) is 0 Å². The zero-order valence-corrected chi connectivity index (χ0v) is 5.35. The molecule has 0 atom stereocenters. The normalized spacial score (nSPS) is 10.2. The van der Waals surface area contributed by atoms with Crippen molar-refractivity contribution in [2.75, 3.05) is 27.3 Å². The number of rotatable bonds is 4. The highest BCUT2D eigenvalue weighted by Crippen LogP contribution is 1.59. The maximum atomic E-state index is 4.76. The summed E-state index contributed by atoms with van der Waals surface area (Å²) >= 11 is 0. The SMILES string of the molecule is CN=CNCCOC. The minimum atomic E-state index is 0.728. The van der Waals surface area contributed by atoms with E-state index in [2.05, 4.69) is 10.3 Å². The predicted molar refractivity (Wildman–Crippen MR) is 34.3 cm³/mol. The quantitative estimate of drug-likeness (QED) is 0.315. The van der Waals surface area contributed by atoms with E-state index in [0.29, 0.717) is 0 Å². The van der Waals surface area contributed by atoms with Gasteiger partial charge in [0.25, 0.3) is 0 Å². The first-order valence-corrected chi connectivity index (χ1v) is 2.54. The molecule has 1 N–H and O–H groups in total. The van der Waals surface area contributed by atoms with Crippen LogP contribution < -0.4 is 5.32 Å². The molecule has 0 bridgehead atoms. The third kappa shape index (κ3) is 5.43. The molecule has 0 heterocycles. The van der Waals surface area contributed by atoms with Gasteiger partial charge in [-0.3, -0.25) is 4.99 Å². The van der Waals surface area contributed by atoms with Crippen molar-refractivity contribution in [2.45, 2.75) is 0 Å². The lowest BCUT2D eigenvalue weighted by Crippen LogP contribution is -2.16. The molecule has 48 valence electrons. The standard InChI is InChI=1S/C5H12N2O/c1-6-5-7-3-4-8-2/h5H,3-4H2,1-2H3,(H,6,7). The topological polar surface area (TPSA) is 33.6 Å². The molecule has 0 saturated carbocycles. The van der Waals surface area contributed by atoms with Gasteiger partial charge >= 0.3 is 0 Å². The molecule has 0 fully saturated rings. The molecule has 3 nitrogen and oxygen atoms in total. The first kappa shape index (κ1) is 7.43. The molecule has 0 radical (unpaired) electrons. The molecule has 0 aliphatic heterocycles. The van der Waals surface area contributed by atoms with Crippen LogP contribution in [0.15, 0.2) is 4.99 Å². The highest BCUT2D eigenvalue weighted by atomic mass is 16.5. The molecule has 3 heteroatoms. The number of aliphatic imine (C=N–C) groups is 1. The Balaban J connectivity index is 2.72. The summed E-state index contributed by atoms with van der Waals surface area (Å²) in [5.41, 5.74) is 0. The van der Waals surface area contributed by atoms with Gasteiger partial charge in [0.1, 0.15) is 0 Å². The van der Waals surface area contributed by atoms with Gasteiger partial charge in [-0.25, -0.2) is 0 Å². The number of nitrogens with one attached hydrogen (secondary N) is 1. The summed E-state index contributed by atoms with van der Waals surface area (Å²) in [6.45, 7) is 1.56. The summed E-state index contributed by atoms with van der Waals surface area (Å²) in [4.78, 5) is 3.72. The molecule has 0 aliphatic rings. The van der Waals surface area contributed by atoms with Gasteiger partial charge in [-0.15, -0.1) is 0 Å². The van der Waals surface area contributed by atoms with E-state index in [1.807, 2.05) is 0 Å². The summed E-state index contributed by atoms with van der Waals surface area (Å²) in [6, 6.07) is 0. The van der Waals surface area contributed by atoms with Gasteiger partial charge in [0.15, 0.2) is 0 Å². The average Bonchev–Trinajstić information content (AvgIpc) is 1.81. The number of methoxy groups -OCH3 is 1. The van der Waals surface area contributed by atoms with Crippen LogP contribution in [0.1, 0.15) is 0 Å². The first-order valence-electron chi connectivity index (χ1n) is 2.54. The Hall–Kier alpha value is -0.570. The van der Waals surface area contributed by atoms with Gasteiger partial charge in [-0.05, 0) is 0 Å². The van der Waals surface area contributed by atoms with E-state index in [1.165, 1.54) is 0 Å². The second-order valence-corrected chi connectivity index (χ2v) is 1.33. The summed E-state index contributed by atoms with van der Waals surface area (Å²) in [7, 11) is 3.39. The van der Waals surface area contributed by atoms with E-state index >= 15 is 0 Å². The van der Waals surface area contributed by atoms with Gasteiger partial charge in [-0.1, -0.05) is 0 Å². The van der Waals surface area contributed by atoms with Crippen LogP contribution in [-0.2, 0) is 4.74 Å². The molecule has 0 spiro atoms.